The Balaban J connectivity index is 1.80. The van der Waals surface area contributed by atoms with Crippen molar-refractivity contribution in [3.05, 3.63) is 42.1 Å². The Morgan fingerprint density at radius 2 is 2.20 bits per heavy atom. The fourth-order valence-corrected chi connectivity index (χ4v) is 3.08. The highest BCUT2D eigenvalue weighted by Crippen LogP contribution is 2.24. The van der Waals surface area contributed by atoms with E-state index in [9.17, 15) is 4.79 Å². The molecule has 6 heteroatoms. The van der Waals surface area contributed by atoms with E-state index < -0.39 is 0 Å². The second kappa shape index (κ2) is 7.96. The SMILES string of the molecule is CCOC(=O)c1ccccc1Nc1nccc(N2CCCC(C)C2)n1. The Kier molecular flexibility index (Phi) is 5.48. The van der Waals surface area contributed by atoms with Gasteiger partial charge in [-0.05, 0) is 43.9 Å². The van der Waals surface area contributed by atoms with Gasteiger partial charge in [0.05, 0.1) is 17.9 Å². The molecule has 6 nitrogen and oxygen atoms in total. The van der Waals surface area contributed by atoms with Gasteiger partial charge in [-0.2, -0.15) is 4.98 Å². The van der Waals surface area contributed by atoms with E-state index in [0.717, 1.165) is 18.9 Å². The molecule has 132 valence electrons. The minimum atomic E-state index is -0.355. The van der Waals surface area contributed by atoms with Crippen molar-refractivity contribution in [2.75, 3.05) is 29.9 Å². The van der Waals surface area contributed by atoms with Crippen molar-refractivity contribution in [1.29, 1.82) is 0 Å². The summed E-state index contributed by atoms with van der Waals surface area (Å²) >= 11 is 0. The number of benzene rings is 1. The van der Waals surface area contributed by atoms with Crippen LogP contribution in [0.3, 0.4) is 0 Å². The number of aromatic nitrogens is 2. The first-order valence-corrected chi connectivity index (χ1v) is 8.78. The van der Waals surface area contributed by atoms with E-state index in [1.165, 1.54) is 12.8 Å². The Morgan fingerprint density at radius 1 is 1.36 bits per heavy atom. The molecule has 2 aromatic rings. The number of anilines is 3. The van der Waals surface area contributed by atoms with E-state index in [4.69, 9.17) is 4.74 Å². The smallest absolute Gasteiger partial charge is 0.340 e. The first kappa shape index (κ1) is 17.2. The minimum absolute atomic E-state index is 0.340. The van der Waals surface area contributed by atoms with Gasteiger partial charge in [-0.25, -0.2) is 9.78 Å². The molecule has 0 aliphatic carbocycles. The van der Waals surface area contributed by atoms with Crippen LogP contribution in [0.15, 0.2) is 36.5 Å². The van der Waals surface area contributed by atoms with Gasteiger partial charge in [-0.3, -0.25) is 0 Å². The number of esters is 1. The number of carbonyl (C=O) groups is 1. The quantitative estimate of drug-likeness (QED) is 0.838. The molecule has 3 rings (SSSR count). The van der Waals surface area contributed by atoms with Crippen LogP contribution in [0.25, 0.3) is 0 Å². The standard InChI is InChI=1S/C19H24N4O2/c1-3-25-18(24)15-8-4-5-9-16(15)21-19-20-11-10-17(22-19)23-12-6-7-14(2)13-23/h4-5,8-11,14H,3,6-7,12-13H2,1-2H3,(H,20,21,22). The summed E-state index contributed by atoms with van der Waals surface area (Å²) in [5.74, 6) is 1.71. The zero-order valence-electron chi connectivity index (χ0n) is 14.7. The van der Waals surface area contributed by atoms with Crippen LogP contribution in [-0.2, 0) is 4.74 Å². The summed E-state index contributed by atoms with van der Waals surface area (Å²) in [5, 5.41) is 3.15. The molecule has 1 aliphatic heterocycles. The van der Waals surface area contributed by atoms with Gasteiger partial charge in [0.1, 0.15) is 5.82 Å². The van der Waals surface area contributed by atoms with Gasteiger partial charge in [0, 0.05) is 19.3 Å². The summed E-state index contributed by atoms with van der Waals surface area (Å²) in [6, 6.07) is 9.16. The van der Waals surface area contributed by atoms with Gasteiger partial charge >= 0.3 is 5.97 Å². The topological polar surface area (TPSA) is 67.3 Å². The van der Waals surface area contributed by atoms with Gasteiger partial charge in [-0.15, -0.1) is 0 Å². The molecule has 1 aromatic carbocycles. The number of ether oxygens (including phenoxy) is 1. The van der Waals surface area contributed by atoms with Crippen LogP contribution in [0, 0.1) is 5.92 Å². The zero-order chi connectivity index (χ0) is 17.6. The van der Waals surface area contributed by atoms with Crippen LogP contribution in [0.2, 0.25) is 0 Å². The molecule has 0 amide bonds. The lowest BCUT2D eigenvalue weighted by Gasteiger charge is -2.31. The second-order valence-corrected chi connectivity index (χ2v) is 6.32. The van der Waals surface area contributed by atoms with Gasteiger partial charge in [0.15, 0.2) is 0 Å². The molecule has 1 aliphatic rings. The summed E-state index contributed by atoms with van der Waals surface area (Å²) in [7, 11) is 0. The van der Waals surface area contributed by atoms with Gasteiger partial charge in [0.2, 0.25) is 5.95 Å². The Morgan fingerprint density at radius 3 is 3.00 bits per heavy atom. The van der Waals surface area contributed by atoms with E-state index in [-0.39, 0.29) is 5.97 Å². The van der Waals surface area contributed by atoms with E-state index in [2.05, 4.69) is 27.1 Å². The molecule has 0 saturated carbocycles. The maximum Gasteiger partial charge on any atom is 0.340 e. The normalized spacial score (nSPS) is 17.2. The van der Waals surface area contributed by atoms with Crippen LogP contribution in [-0.4, -0.2) is 35.6 Å². The first-order valence-electron chi connectivity index (χ1n) is 8.78. The predicted octanol–water partition coefficient (Wildman–Crippen LogP) is 3.63. The van der Waals surface area contributed by atoms with Crippen molar-refractivity contribution in [3.8, 4) is 0 Å². The van der Waals surface area contributed by atoms with Gasteiger partial charge in [0.25, 0.3) is 0 Å². The van der Waals surface area contributed by atoms with E-state index in [1.807, 2.05) is 24.3 Å². The van der Waals surface area contributed by atoms with E-state index in [1.54, 1.807) is 19.2 Å². The molecule has 1 atom stereocenters. The van der Waals surface area contributed by atoms with Crippen molar-refractivity contribution in [2.45, 2.75) is 26.7 Å². The van der Waals surface area contributed by atoms with E-state index in [0.29, 0.717) is 29.7 Å². The summed E-state index contributed by atoms with van der Waals surface area (Å²) in [5.41, 5.74) is 1.12. The molecule has 0 bridgehead atoms. The van der Waals surface area contributed by atoms with Crippen LogP contribution in [0.1, 0.15) is 37.0 Å². The highest BCUT2D eigenvalue weighted by atomic mass is 16.5. The fraction of sp³-hybridized carbons (Fsp3) is 0.421. The third-order valence-electron chi connectivity index (χ3n) is 4.29. The van der Waals surface area contributed by atoms with Crippen molar-refractivity contribution >= 4 is 23.4 Å². The molecule has 1 unspecified atom stereocenters. The molecule has 1 saturated heterocycles. The van der Waals surface area contributed by atoms with Crippen molar-refractivity contribution in [2.24, 2.45) is 5.92 Å². The summed E-state index contributed by atoms with van der Waals surface area (Å²) in [6.45, 7) is 6.42. The van der Waals surface area contributed by atoms with Gasteiger partial charge in [-0.1, -0.05) is 19.1 Å². The second-order valence-electron chi connectivity index (χ2n) is 6.32. The van der Waals surface area contributed by atoms with Crippen LogP contribution < -0.4 is 10.2 Å². The highest BCUT2D eigenvalue weighted by molar-refractivity contribution is 5.96. The number of hydrogen-bond donors (Lipinski definition) is 1. The molecule has 1 N–H and O–H groups in total. The minimum Gasteiger partial charge on any atom is -0.462 e. The zero-order valence-corrected chi connectivity index (χ0v) is 14.7. The largest absolute Gasteiger partial charge is 0.462 e. The Hall–Kier alpha value is -2.63. The lowest BCUT2D eigenvalue weighted by Crippen LogP contribution is -2.34. The van der Waals surface area contributed by atoms with Crippen molar-refractivity contribution in [3.63, 3.8) is 0 Å². The number of para-hydroxylation sites is 1. The summed E-state index contributed by atoms with van der Waals surface area (Å²) in [4.78, 5) is 23.3. The monoisotopic (exact) mass is 340 g/mol. The summed E-state index contributed by atoms with van der Waals surface area (Å²) < 4.78 is 5.11. The number of carbonyl (C=O) groups excluding carboxylic acids is 1. The van der Waals surface area contributed by atoms with E-state index >= 15 is 0 Å². The molecule has 2 heterocycles. The number of rotatable bonds is 5. The molecule has 0 spiro atoms. The van der Waals surface area contributed by atoms with Crippen LogP contribution >= 0.6 is 0 Å². The highest BCUT2D eigenvalue weighted by Gasteiger charge is 2.18. The maximum atomic E-state index is 12.1. The van der Waals surface area contributed by atoms with Crippen LogP contribution in [0.5, 0.6) is 0 Å². The lowest BCUT2D eigenvalue weighted by atomic mass is 10.0. The number of hydrogen-bond acceptors (Lipinski definition) is 6. The third-order valence-corrected chi connectivity index (χ3v) is 4.29. The Labute approximate surface area is 148 Å². The fourth-order valence-electron chi connectivity index (χ4n) is 3.08. The summed E-state index contributed by atoms with van der Waals surface area (Å²) in [6.07, 6.45) is 4.19. The van der Waals surface area contributed by atoms with Gasteiger partial charge < -0.3 is 15.0 Å². The van der Waals surface area contributed by atoms with Crippen LogP contribution in [0.4, 0.5) is 17.5 Å². The molecule has 1 fully saturated rings. The molecular formula is C19H24N4O2. The predicted molar refractivity (Wildman–Crippen MR) is 98.3 cm³/mol. The third kappa shape index (κ3) is 4.26. The molecule has 1 aromatic heterocycles. The number of nitrogens with one attached hydrogen (secondary N) is 1. The lowest BCUT2D eigenvalue weighted by molar-refractivity contribution is 0.0527. The molecule has 25 heavy (non-hydrogen) atoms. The first-order chi connectivity index (χ1) is 12.2. The maximum absolute atomic E-state index is 12.1. The molecule has 0 radical (unpaired) electrons. The average Bonchev–Trinajstić information content (AvgIpc) is 2.63. The van der Waals surface area contributed by atoms with Crippen molar-refractivity contribution in [1.82, 2.24) is 9.97 Å². The van der Waals surface area contributed by atoms with Crippen molar-refractivity contribution < 1.29 is 9.53 Å². The average molecular weight is 340 g/mol. The molecular weight excluding hydrogens is 316 g/mol. The number of piperidine rings is 1. The number of nitrogens with zero attached hydrogens (tertiary/aromatic N) is 3. The Bertz CT molecular complexity index is 735.